The van der Waals surface area contributed by atoms with Crippen molar-refractivity contribution >= 4 is 23.4 Å². The number of anilines is 1. The third kappa shape index (κ3) is 6.70. The van der Waals surface area contributed by atoms with Gasteiger partial charge in [-0.15, -0.1) is 0 Å². The Morgan fingerprint density at radius 3 is 2.35 bits per heavy atom. The number of benzene rings is 1. The number of thioether (sulfide) groups is 1. The number of alkyl halides is 3. The number of carbonyl (C=O) groups is 1. The molecule has 1 aromatic carbocycles. The minimum absolute atomic E-state index is 0.0951. The fourth-order valence-corrected chi connectivity index (χ4v) is 2.17. The van der Waals surface area contributed by atoms with Crippen molar-refractivity contribution in [1.82, 2.24) is 0 Å². The third-order valence-electron chi connectivity index (χ3n) is 2.62. The van der Waals surface area contributed by atoms with Crippen molar-refractivity contribution in [2.24, 2.45) is 0 Å². The summed E-state index contributed by atoms with van der Waals surface area (Å²) in [5, 5.41) is 8.70. The molecule has 1 rings (SSSR count). The SMILES string of the molecule is Cc1ccc(N(CCSC(F)(F)F)CCC(=O)O)cc1. The van der Waals surface area contributed by atoms with Gasteiger partial charge in [-0.2, -0.15) is 13.2 Å². The van der Waals surface area contributed by atoms with Gasteiger partial charge in [0.2, 0.25) is 0 Å². The summed E-state index contributed by atoms with van der Waals surface area (Å²) in [6, 6.07) is 7.27. The lowest BCUT2D eigenvalue weighted by Gasteiger charge is -2.24. The van der Waals surface area contributed by atoms with E-state index in [4.69, 9.17) is 5.11 Å². The molecule has 0 saturated carbocycles. The Kier molecular flexibility index (Phi) is 6.19. The van der Waals surface area contributed by atoms with E-state index in [1.54, 1.807) is 17.0 Å². The lowest BCUT2D eigenvalue weighted by molar-refractivity contribution is -0.136. The minimum atomic E-state index is -4.26. The van der Waals surface area contributed by atoms with Crippen molar-refractivity contribution < 1.29 is 23.1 Å². The number of nitrogens with zero attached hydrogens (tertiary/aromatic N) is 1. The van der Waals surface area contributed by atoms with Gasteiger partial charge in [0.15, 0.2) is 0 Å². The highest BCUT2D eigenvalue weighted by molar-refractivity contribution is 8.00. The molecule has 0 heterocycles. The molecule has 20 heavy (non-hydrogen) atoms. The minimum Gasteiger partial charge on any atom is -0.481 e. The molecule has 1 aromatic rings. The zero-order valence-corrected chi connectivity index (χ0v) is 11.8. The molecule has 0 aromatic heterocycles. The second-order valence-electron chi connectivity index (χ2n) is 4.26. The summed E-state index contributed by atoms with van der Waals surface area (Å²) in [4.78, 5) is 12.3. The highest BCUT2D eigenvalue weighted by Crippen LogP contribution is 2.30. The maximum atomic E-state index is 12.1. The molecule has 0 aliphatic carbocycles. The summed E-state index contributed by atoms with van der Waals surface area (Å²) in [6.45, 7) is 2.25. The summed E-state index contributed by atoms with van der Waals surface area (Å²) < 4.78 is 36.4. The standard InChI is InChI=1S/C13H16F3NO2S/c1-10-2-4-11(5-3-10)17(7-6-12(18)19)8-9-20-13(14,15)16/h2-5H,6-9H2,1H3,(H,18,19). The number of halogens is 3. The molecule has 0 bridgehead atoms. The van der Waals surface area contributed by atoms with Gasteiger partial charge in [-0.05, 0) is 30.8 Å². The van der Waals surface area contributed by atoms with Gasteiger partial charge in [0, 0.05) is 24.5 Å². The first kappa shape index (κ1) is 16.7. The lowest BCUT2D eigenvalue weighted by Crippen LogP contribution is -2.29. The van der Waals surface area contributed by atoms with Crippen LogP contribution in [-0.2, 0) is 4.79 Å². The molecule has 7 heteroatoms. The van der Waals surface area contributed by atoms with Gasteiger partial charge >= 0.3 is 11.5 Å². The van der Waals surface area contributed by atoms with Crippen LogP contribution in [0.5, 0.6) is 0 Å². The maximum absolute atomic E-state index is 12.1. The van der Waals surface area contributed by atoms with E-state index in [-0.39, 0.29) is 37.0 Å². The molecule has 0 atom stereocenters. The van der Waals surface area contributed by atoms with Crippen LogP contribution in [0.2, 0.25) is 0 Å². The molecule has 1 N–H and O–H groups in total. The van der Waals surface area contributed by atoms with Crippen molar-refractivity contribution in [2.75, 3.05) is 23.7 Å². The third-order valence-corrected chi connectivity index (χ3v) is 3.34. The topological polar surface area (TPSA) is 40.5 Å². The van der Waals surface area contributed by atoms with Crippen LogP contribution in [0.25, 0.3) is 0 Å². The van der Waals surface area contributed by atoms with Crippen molar-refractivity contribution in [3.05, 3.63) is 29.8 Å². The molecule has 0 fully saturated rings. The molecule has 0 unspecified atom stereocenters. The molecule has 0 saturated heterocycles. The second-order valence-corrected chi connectivity index (χ2v) is 5.42. The maximum Gasteiger partial charge on any atom is 0.441 e. The van der Waals surface area contributed by atoms with Crippen LogP contribution in [0.15, 0.2) is 24.3 Å². The van der Waals surface area contributed by atoms with Gasteiger partial charge in [0.1, 0.15) is 0 Å². The Labute approximate surface area is 119 Å². The van der Waals surface area contributed by atoms with Crippen LogP contribution in [0.3, 0.4) is 0 Å². The molecule has 0 radical (unpaired) electrons. The van der Waals surface area contributed by atoms with Gasteiger partial charge in [0.05, 0.1) is 6.42 Å². The van der Waals surface area contributed by atoms with Crippen LogP contribution >= 0.6 is 11.8 Å². The normalized spacial score (nSPS) is 11.4. The Bertz CT molecular complexity index is 434. The van der Waals surface area contributed by atoms with Crippen LogP contribution < -0.4 is 4.90 Å². The smallest absolute Gasteiger partial charge is 0.441 e. The molecule has 0 aliphatic heterocycles. The van der Waals surface area contributed by atoms with E-state index in [1.165, 1.54) is 0 Å². The number of carboxylic acids is 1. The van der Waals surface area contributed by atoms with E-state index in [0.29, 0.717) is 0 Å². The first-order chi connectivity index (χ1) is 9.28. The fourth-order valence-electron chi connectivity index (χ4n) is 1.63. The van der Waals surface area contributed by atoms with Gasteiger partial charge in [-0.1, -0.05) is 17.7 Å². The van der Waals surface area contributed by atoms with Crippen LogP contribution in [-0.4, -0.2) is 35.4 Å². The second kappa shape index (κ2) is 7.42. The predicted octanol–water partition coefficient (Wildman–Crippen LogP) is 3.53. The number of aliphatic carboxylic acids is 1. The molecule has 112 valence electrons. The van der Waals surface area contributed by atoms with Crippen molar-refractivity contribution in [2.45, 2.75) is 18.9 Å². The Morgan fingerprint density at radius 2 is 1.85 bits per heavy atom. The van der Waals surface area contributed by atoms with E-state index < -0.39 is 11.5 Å². The number of carboxylic acid groups (broad SMARTS) is 1. The van der Waals surface area contributed by atoms with Crippen molar-refractivity contribution in [3.63, 3.8) is 0 Å². The van der Waals surface area contributed by atoms with E-state index in [1.807, 2.05) is 19.1 Å². The fraction of sp³-hybridized carbons (Fsp3) is 0.462. The number of aryl methyl sites for hydroxylation is 1. The highest BCUT2D eigenvalue weighted by atomic mass is 32.2. The van der Waals surface area contributed by atoms with E-state index in [0.717, 1.165) is 11.3 Å². The number of rotatable bonds is 7. The van der Waals surface area contributed by atoms with Gasteiger partial charge in [-0.25, -0.2) is 0 Å². The Morgan fingerprint density at radius 1 is 1.25 bits per heavy atom. The van der Waals surface area contributed by atoms with Crippen LogP contribution in [0.4, 0.5) is 18.9 Å². The first-order valence-electron chi connectivity index (χ1n) is 6.02. The van der Waals surface area contributed by atoms with Crippen LogP contribution in [0.1, 0.15) is 12.0 Å². The largest absolute Gasteiger partial charge is 0.481 e. The number of hydrogen-bond donors (Lipinski definition) is 1. The summed E-state index contributed by atoms with van der Waals surface area (Å²) in [6.07, 6.45) is -0.107. The Balaban J connectivity index is 2.64. The lowest BCUT2D eigenvalue weighted by atomic mass is 10.2. The summed E-state index contributed by atoms with van der Waals surface area (Å²) in [7, 11) is 0. The first-order valence-corrected chi connectivity index (χ1v) is 7.00. The highest BCUT2D eigenvalue weighted by Gasteiger charge is 2.27. The quantitative estimate of drug-likeness (QED) is 0.836. The van der Waals surface area contributed by atoms with Crippen molar-refractivity contribution in [3.8, 4) is 0 Å². The summed E-state index contributed by atoms with van der Waals surface area (Å²) in [5.41, 5.74) is -2.48. The average Bonchev–Trinajstić information content (AvgIpc) is 2.33. The van der Waals surface area contributed by atoms with E-state index in [9.17, 15) is 18.0 Å². The average molecular weight is 307 g/mol. The Hall–Kier alpha value is -1.37. The number of hydrogen-bond acceptors (Lipinski definition) is 3. The molecule has 0 aliphatic rings. The zero-order chi connectivity index (χ0) is 15.2. The zero-order valence-electron chi connectivity index (χ0n) is 11.0. The van der Waals surface area contributed by atoms with Gasteiger partial charge in [-0.3, -0.25) is 4.79 Å². The molecular formula is C13H16F3NO2S. The monoisotopic (exact) mass is 307 g/mol. The van der Waals surface area contributed by atoms with Gasteiger partial charge < -0.3 is 10.0 Å². The molecule has 3 nitrogen and oxygen atoms in total. The van der Waals surface area contributed by atoms with Crippen molar-refractivity contribution in [1.29, 1.82) is 0 Å². The molecule has 0 spiro atoms. The van der Waals surface area contributed by atoms with Gasteiger partial charge in [0.25, 0.3) is 0 Å². The summed E-state index contributed by atoms with van der Waals surface area (Å²) >= 11 is -0.0951. The van der Waals surface area contributed by atoms with Crippen LogP contribution in [0, 0.1) is 6.92 Å². The molecular weight excluding hydrogens is 291 g/mol. The summed E-state index contributed by atoms with van der Waals surface area (Å²) in [5.74, 6) is -1.10. The van der Waals surface area contributed by atoms with E-state index in [2.05, 4.69) is 0 Å². The van der Waals surface area contributed by atoms with E-state index >= 15 is 0 Å². The molecule has 0 amide bonds. The predicted molar refractivity (Wildman–Crippen MR) is 74.2 cm³/mol.